The van der Waals surface area contributed by atoms with Crippen molar-refractivity contribution < 1.29 is 0 Å². The summed E-state index contributed by atoms with van der Waals surface area (Å²) in [4.78, 5) is 0. The molecule has 15 heavy (non-hydrogen) atoms. The molecule has 0 bridgehead atoms. The maximum Gasteiger partial charge on any atom is -0.0332 e. The standard InChI is InChI=1S/C15H28/c1-5-10(2)15-12(4)7-9-14(15)13-8-6-11(13)3/h10-15H,5-9H2,1-4H3. The second kappa shape index (κ2) is 4.47. The van der Waals surface area contributed by atoms with Crippen LogP contribution >= 0.6 is 0 Å². The van der Waals surface area contributed by atoms with Gasteiger partial charge in [0.2, 0.25) is 0 Å². The summed E-state index contributed by atoms with van der Waals surface area (Å²) in [6.45, 7) is 9.84. The first kappa shape index (κ1) is 11.5. The van der Waals surface area contributed by atoms with Crippen LogP contribution in [-0.2, 0) is 0 Å². The van der Waals surface area contributed by atoms with E-state index in [1.807, 2.05) is 0 Å². The Bertz CT molecular complexity index is 208. The maximum absolute atomic E-state index is 2.50. The quantitative estimate of drug-likeness (QED) is 0.628. The van der Waals surface area contributed by atoms with Crippen LogP contribution in [0.25, 0.3) is 0 Å². The lowest BCUT2D eigenvalue weighted by Gasteiger charge is -2.43. The summed E-state index contributed by atoms with van der Waals surface area (Å²) in [6, 6.07) is 0. The van der Waals surface area contributed by atoms with Gasteiger partial charge in [0.25, 0.3) is 0 Å². The smallest absolute Gasteiger partial charge is 0.0332 e. The fourth-order valence-corrected chi connectivity index (χ4v) is 4.35. The van der Waals surface area contributed by atoms with Gasteiger partial charge >= 0.3 is 0 Å². The molecule has 0 heteroatoms. The van der Waals surface area contributed by atoms with Gasteiger partial charge in [0.05, 0.1) is 0 Å². The van der Waals surface area contributed by atoms with Crippen LogP contribution in [0.1, 0.15) is 59.8 Å². The van der Waals surface area contributed by atoms with Crippen molar-refractivity contribution in [3.8, 4) is 0 Å². The summed E-state index contributed by atoms with van der Waals surface area (Å²) in [7, 11) is 0. The first-order valence-electron chi connectivity index (χ1n) is 7.15. The zero-order valence-electron chi connectivity index (χ0n) is 11.0. The van der Waals surface area contributed by atoms with E-state index in [0.717, 1.165) is 35.5 Å². The third kappa shape index (κ3) is 1.97. The van der Waals surface area contributed by atoms with Gasteiger partial charge in [-0.15, -0.1) is 0 Å². The molecule has 0 radical (unpaired) electrons. The largest absolute Gasteiger partial charge is 0.0651 e. The van der Waals surface area contributed by atoms with Crippen molar-refractivity contribution in [2.24, 2.45) is 35.5 Å². The van der Waals surface area contributed by atoms with Crippen LogP contribution in [0.15, 0.2) is 0 Å². The van der Waals surface area contributed by atoms with Gasteiger partial charge in [0, 0.05) is 0 Å². The highest BCUT2D eigenvalue weighted by Crippen LogP contribution is 2.52. The van der Waals surface area contributed by atoms with Crippen molar-refractivity contribution in [3.63, 3.8) is 0 Å². The van der Waals surface area contributed by atoms with E-state index in [2.05, 4.69) is 27.7 Å². The Kier molecular flexibility index (Phi) is 3.42. The predicted octanol–water partition coefficient (Wildman–Crippen LogP) is 4.74. The Balaban J connectivity index is 2.03. The summed E-state index contributed by atoms with van der Waals surface area (Å²) in [5.74, 6) is 6.21. The van der Waals surface area contributed by atoms with Crippen LogP contribution in [0.2, 0.25) is 0 Å². The average Bonchev–Trinajstić information content (AvgIpc) is 2.57. The second-order valence-electron chi connectivity index (χ2n) is 6.40. The lowest BCUT2D eigenvalue weighted by atomic mass is 9.62. The molecule has 0 amide bonds. The van der Waals surface area contributed by atoms with Crippen molar-refractivity contribution in [1.29, 1.82) is 0 Å². The Labute approximate surface area is 95.8 Å². The molecule has 0 aromatic rings. The lowest BCUT2D eigenvalue weighted by molar-refractivity contribution is 0.0630. The lowest BCUT2D eigenvalue weighted by Crippen LogP contribution is -2.35. The van der Waals surface area contributed by atoms with Crippen molar-refractivity contribution in [2.45, 2.75) is 59.8 Å². The molecule has 6 atom stereocenters. The Hall–Kier alpha value is 0. The van der Waals surface area contributed by atoms with Crippen molar-refractivity contribution >= 4 is 0 Å². The van der Waals surface area contributed by atoms with Gasteiger partial charge in [-0.2, -0.15) is 0 Å². The van der Waals surface area contributed by atoms with E-state index >= 15 is 0 Å². The van der Waals surface area contributed by atoms with Crippen molar-refractivity contribution in [1.82, 2.24) is 0 Å². The number of rotatable bonds is 3. The van der Waals surface area contributed by atoms with E-state index in [4.69, 9.17) is 0 Å². The molecule has 2 aliphatic rings. The molecule has 0 aliphatic heterocycles. The highest BCUT2D eigenvalue weighted by Gasteiger charge is 2.44. The average molecular weight is 208 g/mol. The van der Waals surface area contributed by atoms with Gasteiger partial charge < -0.3 is 0 Å². The molecule has 0 aromatic heterocycles. The van der Waals surface area contributed by atoms with E-state index in [0.29, 0.717) is 0 Å². The molecule has 0 nitrogen and oxygen atoms in total. The fourth-order valence-electron chi connectivity index (χ4n) is 4.35. The minimum absolute atomic E-state index is 0.959. The SMILES string of the molecule is CCC(C)C1C(C)CCC1C1CCC1C. The molecule has 88 valence electrons. The summed E-state index contributed by atoms with van der Waals surface area (Å²) in [6.07, 6.45) is 7.45. The highest BCUT2D eigenvalue weighted by molar-refractivity contribution is 4.93. The molecular weight excluding hydrogens is 180 g/mol. The van der Waals surface area contributed by atoms with Gasteiger partial charge in [0.15, 0.2) is 0 Å². The topological polar surface area (TPSA) is 0 Å². The van der Waals surface area contributed by atoms with Gasteiger partial charge in [-0.1, -0.05) is 47.0 Å². The Morgan fingerprint density at radius 3 is 2.00 bits per heavy atom. The molecule has 2 fully saturated rings. The van der Waals surface area contributed by atoms with E-state index in [1.54, 1.807) is 0 Å². The van der Waals surface area contributed by atoms with Crippen LogP contribution in [0.5, 0.6) is 0 Å². The maximum atomic E-state index is 2.50. The Morgan fingerprint density at radius 1 is 0.933 bits per heavy atom. The zero-order valence-corrected chi connectivity index (χ0v) is 11.0. The van der Waals surface area contributed by atoms with E-state index < -0.39 is 0 Å². The predicted molar refractivity (Wildman–Crippen MR) is 66.7 cm³/mol. The van der Waals surface area contributed by atoms with Gasteiger partial charge in [0.1, 0.15) is 0 Å². The minimum Gasteiger partial charge on any atom is -0.0651 e. The van der Waals surface area contributed by atoms with Crippen LogP contribution in [-0.4, -0.2) is 0 Å². The van der Waals surface area contributed by atoms with E-state index in [9.17, 15) is 0 Å². The first-order valence-corrected chi connectivity index (χ1v) is 7.15. The van der Waals surface area contributed by atoms with Gasteiger partial charge in [-0.3, -0.25) is 0 Å². The second-order valence-corrected chi connectivity index (χ2v) is 6.40. The van der Waals surface area contributed by atoms with Crippen LogP contribution in [0.4, 0.5) is 0 Å². The summed E-state index contributed by atoms with van der Waals surface area (Å²) in [5, 5.41) is 0. The molecule has 0 heterocycles. The molecule has 0 saturated heterocycles. The third-order valence-electron chi connectivity index (χ3n) is 5.64. The van der Waals surface area contributed by atoms with Crippen molar-refractivity contribution in [2.75, 3.05) is 0 Å². The molecule has 2 aliphatic carbocycles. The van der Waals surface area contributed by atoms with Crippen molar-refractivity contribution in [3.05, 3.63) is 0 Å². The monoisotopic (exact) mass is 208 g/mol. The summed E-state index contributed by atoms with van der Waals surface area (Å²) in [5.41, 5.74) is 0. The van der Waals surface area contributed by atoms with E-state index in [-0.39, 0.29) is 0 Å². The van der Waals surface area contributed by atoms with E-state index in [1.165, 1.54) is 32.1 Å². The zero-order chi connectivity index (χ0) is 11.0. The molecular formula is C15H28. The normalized spacial score (nSPS) is 47.6. The van der Waals surface area contributed by atoms with Gasteiger partial charge in [-0.25, -0.2) is 0 Å². The summed E-state index contributed by atoms with van der Waals surface area (Å²) >= 11 is 0. The van der Waals surface area contributed by atoms with Crippen LogP contribution < -0.4 is 0 Å². The molecule has 2 rings (SSSR count). The first-order chi connectivity index (χ1) is 7.15. The number of hydrogen-bond acceptors (Lipinski definition) is 0. The molecule has 0 spiro atoms. The third-order valence-corrected chi connectivity index (χ3v) is 5.64. The van der Waals surface area contributed by atoms with Crippen LogP contribution in [0, 0.1) is 35.5 Å². The highest BCUT2D eigenvalue weighted by atomic mass is 14.5. The Morgan fingerprint density at radius 2 is 1.53 bits per heavy atom. The summed E-state index contributed by atoms with van der Waals surface area (Å²) < 4.78 is 0. The number of hydrogen-bond donors (Lipinski definition) is 0. The molecule has 6 unspecified atom stereocenters. The molecule has 0 N–H and O–H groups in total. The fraction of sp³-hybridized carbons (Fsp3) is 1.00. The van der Waals surface area contributed by atoms with Gasteiger partial charge in [-0.05, 0) is 48.3 Å². The minimum atomic E-state index is 0.959. The molecule has 0 aromatic carbocycles. The molecule has 2 saturated carbocycles. The van der Waals surface area contributed by atoms with Crippen LogP contribution in [0.3, 0.4) is 0 Å².